The Morgan fingerprint density at radius 2 is 1.89 bits per heavy atom. The summed E-state index contributed by atoms with van der Waals surface area (Å²) in [4.78, 5) is 24.1. The number of amides is 2. The number of hydrogen-bond acceptors (Lipinski definition) is 5. The zero-order valence-corrected chi connectivity index (χ0v) is 17.4. The third-order valence-electron chi connectivity index (χ3n) is 3.53. The third kappa shape index (κ3) is 7.46. The molecule has 0 aliphatic carbocycles. The maximum Gasteiger partial charge on any atom is 0.416 e. The number of carbonyl (C=O) groups is 2. The fourth-order valence-electron chi connectivity index (χ4n) is 2.38. The second-order valence-corrected chi connectivity index (χ2v) is 9.66. The number of alkyl halides is 3. The van der Waals surface area contributed by atoms with Gasteiger partial charge in [-0.1, -0.05) is 0 Å². The fraction of sp³-hybridized carbons (Fsp3) is 0.556. The van der Waals surface area contributed by atoms with Gasteiger partial charge in [-0.25, -0.2) is 4.79 Å². The molecule has 0 unspecified atom stereocenters. The molecule has 5 nitrogen and oxygen atoms in total. The number of alkyl carbamates (subject to hydrolysis) is 1. The molecule has 0 spiro atoms. The SMILES string of the molecule is CC(C)(C)OC(=O)NCc1cc(NC(=O)[C@@H]2CSCCS2)cc(C(F)(F)F)c1. The number of carbonyl (C=O) groups excluding carboxylic acids is 2. The third-order valence-corrected chi connectivity index (χ3v) is 6.29. The second-order valence-electron chi connectivity index (χ2n) is 7.20. The molecule has 0 aromatic heterocycles. The number of halogens is 3. The lowest BCUT2D eigenvalue weighted by Crippen LogP contribution is -2.32. The minimum atomic E-state index is -4.57. The average molecular weight is 437 g/mol. The molecule has 1 aromatic carbocycles. The molecule has 2 rings (SSSR count). The van der Waals surface area contributed by atoms with Crippen LogP contribution in [0.4, 0.5) is 23.7 Å². The Kier molecular flexibility index (Phi) is 7.55. The van der Waals surface area contributed by atoms with Gasteiger partial charge in [0.25, 0.3) is 0 Å². The van der Waals surface area contributed by atoms with Gasteiger partial charge in [-0.2, -0.15) is 24.9 Å². The molecule has 0 saturated carbocycles. The summed E-state index contributed by atoms with van der Waals surface area (Å²) >= 11 is 3.14. The minimum Gasteiger partial charge on any atom is -0.444 e. The van der Waals surface area contributed by atoms with E-state index >= 15 is 0 Å². The minimum absolute atomic E-state index is 0.0528. The molecular weight excluding hydrogens is 413 g/mol. The van der Waals surface area contributed by atoms with Crippen molar-refractivity contribution in [2.45, 2.75) is 44.3 Å². The normalized spacial score (nSPS) is 17.7. The zero-order valence-electron chi connectivity index (χ0n) is 15.8. The Bertz CT molecular complexity index is 715. The van der Waals surface area contributed by atoms with Crippen LogP contribution in [0.5, 0.6) is 0 Å². The van der Waals surface area contributed by atoms with Crippen LogP contribution in [0.1, 0.15) is 31.9 Å². The van der Waals surface area contributed by atoms with Crippen molar-refractivity contribution in [3.8, 4) is 0 Å². The lowest BCUT2D eigenvalue weighted by atomic mass is 10.1. The molecule has 1 aliphatic rings. The summed E-state index contributed by atoms with van der Waals surface area (Å²) in [5.74, 6) is 2.10. The molecule has 28 heavy (non-hydrogen) atoms. The number of anilines is 1. The highest BCUT2D eigenvalue weighted by atomic mass is 32.2. The summed E-state index contributed by atoms with van der Waals surface area (Å²) in [5.41, 5.74) is -1.34. The van der Waals surface area contributed by atoms with Gasteiger partial charge < -0.3 is 15.4 Å². The molecule has 1 aromatic rings. The van der Waals surface area contributed by atoms with E-state index in [4.69, 9.17) is 4.74 Å². The Balaban J connectivity index is 2.13. The second kappa shape index (κ2) is 9.30. The summed E-state index contributed by atoms with van der Waals surface area (Å²) in [5, 5.41) is 4.71. The van der Waals surface area contributed by atoms with Gasteiger partial charge in [-0.15, -0.1) is 11.8 Å². The van der Waals surface area contributed by atoms with Crippen LogP contribution in [0.15, 0.2) is 18.2 Å². The van der Waals surface area contributed by atoms with Crippen LogP contribution < -0.4 is 10.6 Å². The fourth-order valence-corrected chi connectivity index (χ4v) is 4.94. The van der Waals surface area contributed by atoms with Crippen molar-refractivity contribution < 1.29 is 27.5 Å². The Morgan fingerprint density at radius 3 is 2.46 bits per heavy atom. The first-order chi connectivity index (χ1) is 12.9. The lowest BCUT2D eigenvalue weighted by Gasteiger charge is -2.21. The average Bonchev–Trinajstić information content (AvgIpc) is 2.58. The number of benzene rings is 1. The first-order valence-electron chi connectivity index (χ1n) is 8.62. The monoisotopic (exact) mass is 436 g/mol. The number of ether oxygens (including phenoxy) is 1. The number of rotatable bonds is 4. The van der Waals surface area contributed by atoms with E-state index in [1.165, 1.54) is 17.8 Å². The van der Waals surface area contributed by atoms with Gasteiger partial charge >= 0.3 is 12.3 Å². The van der Waals surface area contributed by atoms with Crippen molar-refractivity contribution in [1.82, 2.24) is 5.32 Å². The van der Waals surface area contributed by atoms with Gasteiger partial charge in [-0.3, -0.25) is 4.79 Å². The molecule has 1 saturated heterocycles. The molecule has 1 aliphatic heterocycles. The Hall–Kier alpha value is -1.55. The molecule has 0 radical (unpaired) electrons. The van der Waals surface area contributed by atoms with E-state index in [-0.39, 0.29) is 29.0 Å². The summed E-state index contributed by atoms with van der Waals surface area (Å²) < 4.78 is 44.8. The predicted molar refractivity (Wildman–Crippen MR) is 107 cm³/mol. The highest BCUT2D eigenvalue weighted by molar-refractivity contribution is 8.07. The quantitative estimate of drug-likeness (QED) is 0.727. The van der Waals surface area contributed by atoms with Crippen molar-refractivity contribution >= 4 is 41.2 Å². The van der Waals surface area contributed by atoms with Crippen molar-refractivity contribution in [2.75, 3.05) is 22.6 Å². The molecule has 156 valence electrons. The van der Waals surface area contributed by atoms with Gasteiger partial charge in [-0.05, 0) is 44.5 Å². The number of thioether (sulfide) groups is 2. The first-order valence-corrected chi connectivity index (χ1v) is 10.8. The van der Waals surface area contributed by atoms with Crippen LogP contribution in [0.2, 0.25) is 0 Å². The largest absolute Gasteiger partial charge is 0.444 e. The smallest absolute Gasteiger partial charge is 0.416 e. The molecule has 2 N–H and O–H groups in total. The molecule has 1 fully saturated rings. The zero-order chi connectivity index (χ0) is 20.9. The summed E-state index contributed by atoms with van der Waals surface area (Å²) in [6, 6.07) is 3.26. The number of nitrogens with one attached hydrogen (secondary N) is 2. The van der Waals surface area contributed by atoms with Crippen LogP contribution in [0.3, 0.4) is 0 Å². The highest BCUT2D eigenvalue weighted by Gasteiger charge is 2.32. The van der Waals surface area contributed by atoms with E-state index in [2.05, 4.69) is 10.6 Å². The van der Waals surface area contributed by atoms with Gasteiger partial charge in [0.2, 0.25) is 5.91 Å². The van der Waals surface area contributed by atoms with Crippen molar-refractivity contribution in [2.24, 2.45) is 0 Å². The van der Waals surface area contributed by atoms with E-state index < -0.39 is 23.4 Å². The van der Waals surface area contributed by atoms with E-state index in [1.807, 2.05) is 0 Å². The molecular formula is C18H23F3N2O3S2. The molecule has 10 heteroatoms. The van der Waals surface area contributed by atoms with Gasteiger partial charge in [0.15, 0.2) is 0 Å². The Labute approximate surface area is 170 Å². The predicted octanol–water partition coefficient (Wildman–Crippen LogP) is 4.52. The maximum atomic E-state index is 13.2. The Morgan fingerprint density at radius 1 is 1.18 bits per heavy atom. The van der Waals surface area contributed by atoms with Gasteiger partial charge in [0.1, 0.15) is 5.60 Å². The van der Waals surface area contributed by atoms with Crippen LogP contribution >= 0.6 is 23.5 Å². The van der Waals surface area contributed by atoms with E-state index in [9.17, 15) is 22.8 Å². The van der Waals surface area contributed by atoms with Crippen molar-refractivity contribution in [3.63, 3.8) is 0 Å². The standard InChI is InChI=1S/C18H23F3N2O3S2/c1-17(2,3)26-16(25)22-9-11-6-12(18(19,20)21)8-13(7-11)23-15(24)14-10-27-4-5-28-14/h6-8,14H,4-5,9-10H2,1-3H3,(H,22,25)(H,23,24)/t14-/m0/s1. The lowest BCUT2D eigenvalue weighted by molar-refractivity contribution is -0.137. The summed E-state index contributed by atoms with van der Waals surface area (Å²) in [7, 11) is 0. The van der Waals surface area contributed by atoms with Gasteiger partial charge in [0, 0.05) is 29.5 Å². The highest BCUT2D eigenvalue weighted by Crippen LogP contribution is 2.32. The van der Waals surface area contributed by atoms with Gasteiger partial charge in [0.05, 0.1) is 10.8 Å². The van der Waals surface area contributed by atoms with Crippen LogP contribution in [0, 0.1) is 0 Å². The summed E-state index contributed by atoms with van der Waals surface area (Å²) in [6.07, 6.45) is -5.30. The maximum absolute atomic E-state index is 13.2. The molecule has 0 bridgehead atoms. The van der Waals surface area contributed by atoms with E-state index in [1.54, 1.807) is 32.5 Å². The topological polar surface area (TPSA) is 67.4 Å². The molecule has 1 atom stereocenters. The number of hydrogen-bond donors (Lipinski definition) is 2. The van der Waals surface area contributed by atoms with E-state index in [0.29, 0.717) is 5.75 Å². The van der Waals surface area contributed by atoms with Crippen molar-refractivity contribution in [3.05, 3.63) is 29.3 Å². The van der Waals surface area contributed by atoms with Crippen LogP contribution in [-0.2, 0) is 22.3 Å². The van der Waals surface area contributed by atoms with Crippen LogP contribution in [-0.4, -0.2) is 40.1 Å². The van der Waals surface area contributed by atoms with Crippen LogP contribution in [0.25, 0.3) is 0 Å². The van der Waals surface area contributed by atoms with E-state index in [0.717, 1.165) is 23.6 Å². The molecule has 2 amide bonds. The summed E-state index contributed by atoms with van der Waals surface area (Å²) in [6.45, 7) is 4.90. The van der Waals surface area contributed by atoms with Crippen molar-refractivity contribution in [1.29, 1.82) is 0 Å². The molecule has 1 heterocycles. The first kappa shape index (κ1) is 22.7.